The summed E-state index contributed by atoms with van der Waals surface area (Å²) in [6, 6.07) is 16.9. The summed E-state index contributed by atoms with van der Waals surface area (Å²) in [4.78, 5) is 2.71. The first-order chi connectivity index (χ1) is 23.5. The van der Waals surface area contributed by atoms with E-state index in [0.29, 0.717) is 53.4 Å². The summed E-state index contributed by atoms with van der Waals surface area (Å²) < 4.78 is 6.13. The molecule has 49 heavy (non-hydrogen) atoms. The van der Waals surface area contributed by atoms with E-state index in [2.05, 4.69) is 145 Å². The van der Waals surface area contributed by atoms with Crippen LogP contribution < -0.4 is 4.90 Å². The normalized spacial score (nSPS) is 35.9. The number of hydrogen-bond acceptors (Lipinski definition) is 2. The van der Waals surface area contributed by atoms with Gasteiger partial charge in [0.25, 0.3) is 0 Å². The lowest BCUT2D eigenvalue weighted by atomic mass is 9.79. The van der Waals surface area contributed by atoms with Crippen molar-refractivity contribution in [1.29, 1.82) is 0 Å². The zero-order chi connectivity index (χ0) is 34.2. The molecule has 0 bridgehead atoms. The van der Waals surface area contributed by atoms with Crippen LogP contribution in [0.3, 0.4) is 0 Å². The molecule has 12 atom stereocenters. The number of benzene rings is 2. The van der Waals surface area contributed by atoms with Crippen molar-refractivity contribution in [3.8, 4) is 0 Å². The van der Waals surface area contributed by atoms with E-state index >= 15 is 0 Å². The monoisotopic (exact) mass is 671 g/mol. The Labute approximate surface area is 298 Å². The molecule has 2 nitrogen and oxygen atoms in total. The fraction of sp³-hybridized carbons (Fsp3) is 0.565. The Kier molecular flexibility index (Phi) is 8.59. The number of aryl methyl sites for hydroxylation is 2. The molecule has 2 saturated carbocycles. The van der Waals surface area contributed by atoms with Gasteiger partial charge in [0.05, 0.1) is 13.7 Å². The maximum Gasteiger partial charge on any atom is 0.0598 e. The van der Waals surface area contributed by atoms with E-state index in [9.17, 15) is 0 Å². The van der Waals surface area contributed by atoms with Crippen LogP contribution in [0.5, 0.6) is 0 Å². The first-order valence-corrected chi connectivity index (χ1v) is 22.6. The zero-order valence-electron chi connectivity index (χ0n) is 31.5. The lowest BCUT2D eigenvalue weighted by Gasteiger charge is -2.49. The average Bonchev–Trinajstić information content (AvgIpc) is 3.76. The number of unbranched alkanes of at least 4 members (excludes halogenated alkanes) is 3. The molecule has 12 unspecified atom stereocenters. The molecule has 2 aromatic carbocycles. The molecule has 0 aromatic heterocycles. The summed E-state index contributed by atoms with van der Waals surface area (Å²) in [5.74, 6) is 5.14. The molecule has 1 aliphatic heterocycles. The maximum atomic E-state index is 6.13. The molecule has 5 aliphatic carbocycles. The molecule has 0 N–H and O–H groups in total. The van der Waals surface area contributed by atoms with Crippen LogP contribution >= 0.6 is 0 Å². The third-order valence-corrected chi connectivity index (χ3v) is 20.3. The second-order valence-electron chi connectivity index (χ2n) is 18.2. The van der Waals surface area contributed by atoms with Gasteiger partial charge < -0.3 is 9.64 Å². The van der Waals surface area contributed by atoms with Gasteiger partial charge in [-0.2, -0.15) is 0 Å². The molecule has 0 radical (unpaired) electrons. The van der Waals surface area contributed by atoms with Gasteiger partial charge in [-0.1, -0.05) is 129 Å². The van der Waals surface area contributed by atoms with Crippen LogP contribution in [-0.4, -0.2) is 33.4 Å². The van der Waals surface area contributed by atoms with E-state index in [0.717, 1.165) is 17.7 Å². The van der Waals surface area contributed by atoms with Crippen molar-refractivity contribution in [3.63, 3.8) is 0 Å². The molecular formula is C46H61NOSi. The van der Waals surface area contributed by atoms with E-state index in [1.54, 1.807) is 16.7 Å². The Morgan fingerprint density at radius 3 is 2.00 bits per heavy atom. The number of anilines is 1. The molecule has 0 saturated heterocycles. The second-order valence-corrected chi connectivity index (χ2v) is 23.1. The highest BCUT2D eigenvalue weighted by Crippen LogP contribution is 2.73. The predicted molar refractivity (Wildman–Crippen MR) is 211 cm³/mol. The highest BCUT2D eigenvalue weighted by Gasteiger charge is 2.67. The van der Waals surface area contributed by atoms with Gasteiger partial charge in [-0.05, 0) is 110 Å². The van der Waals surface area contributed by atoms with Crippen molar-refractivity contribution in [2.45, 2.75) is 120 Å². The van der Waals surface area contributed by atoms with E-state index in [1.165, 1.54) is 48.5 Å². The number of hydrogen-bond donors (Lipinski definition) is 0. The van der Waals surface area contributed by atoms with Gasteiger partial charge in [-0.15, -0.1) is 0 Å². The predicted octanol–water partition coefficient (Wildman–Crippen LogP) is 11.7. The van der Waals surface area contributed by atoms with Crippen LogP contribution in [0.15, 0.2) is 85.0 Å². The number of likely N-dealkylation sites (N-methyl/N-ethyl adjacent to an activating group) is 1. The van der Waals surface area contributed by atoms with E-state index in [4.69, 9.17) is 4.74 Å². The lowest BCUT2D eigenvalue weighted by Crippen LogP contribution is -2.48. The molecule has 260 valence electrons. The van der Waals surface area contributed by atoms with Gasteiger partial charge in [0.2, 0.25) is 0 Å². The Balaban J connectivity index is 1.23. The molecule has 6 aliphatic rings. The van der Waals surface area contributed by atoms with Crippen LogP contribution in [0.1, 0.15) is 98.9 Å². The Bertz CT molecular complexity index is 1580. The van der Waals surface area contributed by atoms with Gasteiger partial charge in [-0.3, -0.25) is 0 Å². The van der Waals surface area contributed by atoms with Crippen molar-refractivity contribution in [2.24, 2.45) is 29.6 Å². The highest BCUT2D eigenvalue weighted by atomic mass is 28.3. The van der Waals surface area contributed by atoms with Crippen LogP contribution in [0, 0.1) is 43.4 Å². The summed E-state index contributed by atoms with van der Waals surface area (Å²) in [6.45, 7) is 17.6. The SMILES string of the molecule is Cc1ccc2c(c1)C1C(C2C)C2C=CC=CC2C1[Si](C)(CCCCCCOC(C)(C)C)C1C2C=CC=CC2C2C1c1cc(C)ccc1N2C. The Morgan fingerprint density at radius 2 is 1.29 bits per heavy atom. The minimum atomic E-state index is -2.03. The lowest BCUT2D eigenvalue weighted by molar-refractivity contribution is -0.00471. The molecule has 0 spiro atoms. The minimum Gasteiger partial charge on any atom is -0.376 e. The van der Waals surface area contributed by atoms with Gasteiger partial charge in [0, 0.05) is 37.2 Å². The van der Waals surface area contributed by atoms with Crippen LogP contribution in [0.4, 0.5) is 5.69 Å². The third-order valence-electron chi connectivity index (χ3n) is 14.4. The summed E-state index contributed by atoms with van der Waals surface area (Å²) in [6.07, 6.45) is 25.4. The Hall–Kier alpha value is -2.62. The molecule has 3 heteroatoms. The van der Waals surface area contributed by atoms with Crippen molar-refractivity contribution in [1.82, 2.24) is 0 Å². The standard InChI is InChI=1S/C46H61NOSi/c1-29-21-23-32-31(3)40-33-17-11-13-19-35(33)44(41(40)37(32)27-29)49(8,26-16-10-9-15-25-48-46(4,5)6)45-36-20-14-12-18-34(36)43-42(45)38-28-30(2)22-24-39(38)47(43)7/h11-14,17-24,27-28,31,33-36,40-45H,9-10,15-16,25-26H2,1-8H3. The fourth-order valence-electron chi connectivity index (χ4n) is 12.7. The summed E-state index contributed by atoms with van der Waals surface area (Å²) in [5, 5.41) is 0. The number of allylic oxidation sites excluding steroid dienone is 7. The number of nitrogens with zero attached hydrogens (tertiary/aromatic N) is 1. The van der Waals surface area contributed by atoms with Gasteiger partial charge in [0.15, 0.2) is 0 Å². The van der Waals surface area contributed by atoms with Gasteiger partial charge >= 0.3 is 0 Å². The van der Waals surface area contributed by atoms with Crippen molar-refractivity contribution < 1.29 is 4.74 Å². The van der Waals surface area contributed by atoms with E-state index < -0.39 is 8.07 Å². The van der Waals surface area contributed by atoms with E-state index in [1.807, 2.05) is 0 Å². The first kappa shape index (κ1) is 33.5. The second kappa shape index (κ2) is 12.6. The Morgan fingerprint density at radius 1 is 0.694 bits per heavy atom. The molecule has 0 amide bonds. The molecule has 2 aromatic rings. The maximum absolute atomic E-state index is 6.13. The van der Waals surface area contributed by atoms with Crippen molar-refractivity contribution >= 4 is 13.8 Å². The number of rotatable bonds is 9. The average molecular weight is 672 g/mol. The molecule has 1 heterocycles. The quantitative estimate of drug-likeness (QED) is 0.194. The molecule has 8 rings (SSSR count). The molecular weight excluding hydrogens is 611 g/mol. The smallest absolute Gasteiger partial charge is 0.0598 e. The number of ether oxygens (including phenoxy) is 1. The van der Waals surface area contributed by atoms with Gasteiger partial charge in [-0.25, -0.2) is 0 Å². The van der Waals surface area contributed by atoms with Gasteiger partial charge in [0.1, 0.15) is 0 Å². The van der Waals surface area contributed by atoms with Crippen molar-refractivity contribution in [3.05, 3.63) is 113 Å². The largest absolute Gasteiger partial charge is 0.376 e. The number of fused-ring (bicyclic) bond motifs is 10. The van der Waals surface area contributed by atoms with Crippen molar-refractivity contribution in [2.75, 3.05) is 18.6 Å². The molecule has 2 fully saturated rings. The third kappa shape index (κ3) is 5.43. The summed E-state index contributed by atoms with van der Waals surface area (Å²) >= 11 is 0. The van der Waals surface area contributed by atoms with Crippen LogP contribution in [0.25, 0.3) is 0 Å². The first-order valence-electron chi connectivity index (χ1n) is 19.8. The van der Waals surface area contributed by atoms with Crippen LogP contribution in [-0.2, 0) is 4.74 Å². The van der Waals surface area contributed by atoms with E-state index in [-0.39, 0.29) is 5.60 Å². The summed E-state index contributed by atoms with van der Waals surface area (Å²) in [7, 11) is 0.385. The fourth-order valence-corrected chi connectivity index (χ4v) is 19.6. The minimum absolute atomic E-state index is 0.0450. The summed E-state index contributed by atoms with van der Waals surface area (Å²) in [5.41, 5.74) is 10.8. The highest BCUT2D eigenvalue weighted by molar-refractivity contribution is 6.82. The topological polar surface area (TPSA) is 12.5 Å². The zero-order valence-corrected chi connectivity index (χ0v) is 32.5. The van der Waals surface area contributed by atoms with Crippen LogP contribution in [0.2, 0.25) is 23.7 Å².